The normalized spacial score (nSPS) is 17.9. The van der Waals surface area contributed by atoms with Crippen LogP contribution in [0, 0.1) is 0 Å². The fourth-order valence-corrected chi connectivity index (χ4v) is 1.67. The Morgan fingerprint density at radius 1 is 1.39 bits per heavy atom. The zero-order valence-corrected chi connectivity index (χ0v) is 11.4. The molecule has 1 aliphatic rings. The van der Waals surface area contributed by atoms with Crippen molar-refractivity contribution in [2.45, 2.75) is 39.0 Å². The molecule has 1 rings (SSSR count). The standard InChI is InChI=1S/C14H19ClN2O/c1-13(10-15)11-16-17(12-18)14-8-6-4-2-3-5-7-9-14/h6,8-12H,2-5,7H2,1H3/b8-6?,13-10+,14-9?,16-11-. The quantitative estimate of drug-likeness (QED) is 0.430. The van der Waals surface area contributed by atoms with Crippen molar-refractivity contribution < 1.29 is 4.79 Å². The highest BCUT2D eigenvalue weighted by Crippen LogP contribution is 2.14. The molecule has 0 unspecified atom stereocenters. The van der Waals surface area contributed by atoms with Gasteiger partial charge in [-0.3, -0.25) is 4.79 Å². The molecule has 1 amide bonds. The Hall–Kier alpha value is -1.35. The van der Waals surface area contributed by atoms with Crippen LogP contribution < -0.4 is 0 Å². The van der Waals surface area contributed by atoms with Gasteiger partial charge < -0.3 is 0 Å². The summed E-state index contributed by atoms with van der Waals surface area (Å²) in [7, 11) is 0. The lowest BCUT2D eigenvalue weighted by Gasteiger charge is -2.12. The van der Waals surface area contributed by atoms with E-state index < -0.39 is 0 Å². The van der Waals surface area contributed by atoms with Crippen molar-refractivity contribution in [1.82, 2.24) is 5.01 Å². The highest BCUT2D eigenvalue weighted by atomic mass is 35.5. The predicted octanol–water partition coefficient (Wildman–Crippen LogP) is 3.98. The van der Waals surface area contributed by atoms with E-state index in [1.54, 1.807) is 6.21 Å². The first kappa shape index (κ1) is 14.7. The second kappa shape index (κ2) is 8.70. The third-order valence-electron chi connectivity index (χ3n) is 2.64. The van der Waals surface area contributed by atoms with Crippen molar-refractivity contribution in [2.75, 3.05) is 0 Å². The molecule has 0 aromatic heterocycles. The predicted molar refractivity (Wildman–Crippen MR) is 76.3 cm³/mol. The number of hydrazone groups is 1. The number of carbonyl (C=O) groups excluding carboxylic acids is 1. The second-order valence-electron chi connectivity index (χ2n) is 4.22. The van der Waals surface area contributed by atoms with Crippen LogP contribution in [-0.4, -0.2) is 17.6 Å². The summed E-state index contributed by atoms with van der Waals surface area (Å²) in [5, 5.41) is 5.45. The van der Waals surface area contributed by atoms with Crippen LogP contribution in [0.25, 0.3) is 0 Å². The van der Waals surface area contributed by atoms with Crippen molar-refractivity contribution in [1.29, 1.82) is 0 Å². The van der Waals surface area contributed by atoms with Gasteiger partial charge in [-0.25, -0.2) is 5.01 Å². The van der Waals surface area contributed by atoms with Crippen LogP contribution in [0.15, 0.2) is 40.1 Å². The molecule has 3 nitrogen and oxygen atoms in total. The molecule has 0 saturated heterocycles. The first-order valence-electron chi connectivity index (χ1n) is 6.20. The summed E-state index contributed by atoms with van der Waals surface area (Å²) in [5.41, 5.74) is 3.06. The summed E-state index contributed by atoms with van der Waals surface area (Å²) in [5.74, 6) is 0. The summed E-state index contributed by atoms with van der Waals surface area (Å²) < 4.78 is 0. The molecule has 0 aromatic carbocycles. The van der Waals surface area contributed by atoms with Gasteiger partial charge in [0.15, 0.2) is 0 Å². The van der Waals surface area contributed by atoms with E-state index >= 15 is 0 Å². The first-order valence-corrected chi connectivity index (χ1v) is 6.63. The minimum absolute atomic E-state index is 0.714. The topological polar surface area (TPSA) is 32.7 Å². The molecule has 0 fully saturated rings. The first-order chi connectivity index (χ1) is 8.77. The van der Waals surface area contributed by atoms with Gasteiger partial charge in [-0.2, -0.15) is 5.10 Å². The Morgan fingerprint density at radius 3 is 2.89 bits per heavy atom. The highest BCUT2D eigenvalue weighted by Gasteiger charge is 2.04. The average molecular weight is 267 g/mol. The number of hydrogen-bond donors (Lipinski definition) is 0. The Bertz CT molecular complexity index is 383. The summed E-state index contributed by atoms with van der Waals surface area (Å²) in [6.07, 6.45) is 14.0. The fourth-order valence-electron chi connectivity index (χ4n) is 1.61. The molecular weight excluding hydrogens is 248 g/mol. The maximum Gasteiger partial charge on any atom is 0.234 e. The summed E-state index contributed by atoms with van der Waals surface area (Å²) in [4.78, 5) is 11.1. The van der Waals surface area contributed by atoms with Crippen molar-refractivity contribution in [3.05, 3.63) is 35.0 Å². The van der Waals surface area contributed by atoms with Gasteiger partial charge >= 0.3 is 0 Å². The maximum absolute atomic E-state index is 11.1. The van der Waals surface area contributed by atoms with Crippen LogP contribution in [0.4, 0.5) is 0 Å². The lowest BCUT2D eigenvalue weighted by Crippen LogP contribution is -2.13. The van der Waals surface area contributed by atoms with Crippen LogP contribution in [0.1, 0.15) is 39.0 Å². The van der Waals surface area contributed by atoms with E-state index in [4.69, 9.17) is 11.6 Å². The van der Waals surface area contributed by atoms with Crippen LogP contribution in [0.3, 0.4) is 0 Å². The molecule has 0 saturated carbocycles. The summed E-state index contributed by atoms with van der Waals surface area (Å²) in [6, 6.07) is 0. The van der Waals surface area contributed by atoms with E-state index in [9.17, 15) is 4.79 Å². The van der Waals surface area contributed by atoms with E-state index in [1.165, 1.54) is 23.4 Å². The third-order valence-corrected chi connectivity index (χ3v) is 2.98. The lowest BCUT2D eigenvalue weighted by atomic mass is 10.1. The molecule has 0 heterocycles. The van der Waals surface area contributed by atoms with Gasteiger partial charge in [0.2, 0.25) is 6.41 Å². The fraction of sp³-hybridized carbons (Fsp3) is 0.429. The van der Waals surface area contributed by atoms with Crippen LogP contribution in [0.5, 0.6) is 0 Å². The molecule has 0 N–H and O–H groups in total. The van der Waals surface area contributed by atoms with Gasteiger partial charge in [-0.15, -0.1) is 0 Å². The number of carbonyl (C=O) groups is 1. The van der Waals surface area contributed by atoms with Gasteiger partial charge in [-0.1, -0.05) is 30.2 Å². The van der Waals surface area contributed by atoms with Crippen molar-refractivity contribution in [2.24, 2.45) is 5.10 Å². The molecule has 0 bridgehead atoms. The number of amides is 1. The lowest BCUT2D eigenvalue weighted by molar-refractivity contribution is -0.116. The molecule has 4 heteroatoms. The van der Waals surface area contributed by atoms with Crippen LogP contribution in [-0.2, 0) is 4.79 Å². The zero-order chi connectivity index (χ0) is 13.2. The van der Waals surface area contributed by atoms with Gasteiger partial charge in [0.1, 0.15) is 0 Å². The minimum Gasteiger partial charge on any atom is -0.276 e. The Balaban J connectivity index is 2.80. The number of nitrogens with zero attached hydrogens (tertiary/aromatic N) is 2. The van der Waals surface area contributed by atoms with E-state index in [0.29, 0.717) is 6.41 Å². The Labute approximate surface area is 113 Å². The molecule has 0 radical (unpaired) electrons. The number of allylic oxidation sites excluding steroid dienone is 4. The zero-order valence-electron chi connectivity index (χ0n) is 10.7. The molecule has 18 heavy (non-hydrogen) atoms. The number of halogens is 1. The smallest absolute Gasteiger partial charge is 0.234 e. The molecule has 0 spiro atoms. The highest BCUT2D eigenvalue weighted by molar-refractivity contribution is 6.26. The van der Waals surface area contributed by atoms with Gasteiger partial charge in [0.05, 0.1) is 11.9 Å². The van der Waals surface area contributed by atoms with Crippen molar-refractivity contribution in [3.63, 3.8) is 0 Å². The summed E-state index contributed by atoms with van der Waals surface area (Å²) in [6.45, 7) is 1.83. The van der Waals surface area contributed by atoms with Crippen molar-refractivity contribution >= 4 is 24.2 Å². The van der Waals surface area contributed by atoms with Crippen molar-refractivity contribution in [3.8, 4) is 0 Å². The van der Waals surface area contributed by atoms with Crippen LogP contribution >= 0.6 is 11.6 Å². The molecule has 0 aromatic rings. The SMILES string of the molecule is CC(/C=N\N(C=O)C1=CCCCCCC=C1)=C\Cl. The van der Waals surface area contributed by atoms with E-state index in [-0.39, 0.29) is 0 Å². The van der Waals surface area contributed by atoms with E-state index in [2.05, 4.69) is 11.2 Å². The Kier molecular flexibility index (Phi) is 7.11. The average Bonchev–Trinajstić information content (AvgIpc) is 2.53. The number of hydrogen-bond acceptors (Lipinski definition) is 2. The monoisotopic (exact) mass is 266 g/mol. The molecule has 0 atom stereocenters. The largest absolute Gasteiger partial charge is 0.276 e. The van der Waals surface area contributed by atoms with Gasteiger partial charge in [0, 0.05) is 5.54 Å². The van der Waals surface area contributed by atoms with E-state index in [1.807, 2.05) is 19.1 Å². The Morgan fingerprint density at radius 2 is 2.17 bits per heavy atom. The number of rotatable bonds is 4. The van der Waals surface area contributed by atoms with Crippen LogP contribution in [0.2, 0.25) is 0 Å². The summed E-state index contributed by atoms with van der Waals surface area (Å²) >= 11 is 5.54. The van der Waals surface area contributed by atoms with Gasteiger partial charge in [-0.05, 0) is 44.3 Å². The second-order valence-corrected chi connectivity index (χ2v) is 4.44. The maximum atomic E-state index is 11.1. The third kappa shape index (κ3) is 5.32. The molecule has 0 aliphatic heterocycles. The minimum atomic E-state index is 0.714. The molecule has 1 aliphatic carbocycles. The van der Waals surface area contributed by atoms with Gasteiger partial charge in [0.25, 0.3) is 0 Å². The van der Waals surface area contributed by atoms with E-state index in [0.717, 1.165) is 30.5 Å². The molecular formula is C14H19ClN2O. The molecule has 98 valence electrons.